The Balaban J connectivity index is 1.88. The summed E-state index contributed by atoms with van der Waals surface area (Å²) in [4.78, 5) is 0. The Morgan fingerprint density at radius 1 is 0.688 bits per heavy atom. The molecule has 6 N–H and O–H groups in total. The summed E-state index contributed by atoms with van der Waals surface area (Å²) in [7, 11) is 0. The van der Waals surface area contributed by atoms with Crippen molar-refractivity contribution in [1.82, 2.24) is 0 Å². The molecule has 6 unspecified atom stereocenters. The van der Waals surface area contributed by atoms with Gasteiger partial charge in [0, 0.05) is 12.1 Å². The van der Waals surface area contributed by atoms with Gasteiger partial charge >= 0.3 is 0 Å². The fourth-order valence-electron chi connectivity index (χ4n) is 3.26. The lowest BCUT2D eigenvalue weighted by atomic mass is 9.70. The Morgan fingerprint density at radius 3 is 1.38 bits per heavy atom. The van der Waals surface area contributed by atoms with Gasteiger partial charge < -0.3 is 21.7 Å². The smallest absolute Gasteiger partial charge is 0.0693 e. The van der Waals surface area contributed by atoms with Gasteiger partial charge in [0.05, 0.1) is 12.2 Å². The molecule has 0 aliphatic heterocycles. The van der Waals surface area contributed by atoms with Crippen molar-refractivity contribution in [2.75, 3.05) is 0 Å². The molecule has 0 spiro atoms. The van der Waals surface area contributed by atoms with E-state index in [0.29, 0.717) is 11.8 Å². The quantitative estimate of drug-likeness (QED) is 0.507. The van der Waals surface area contributed by atoms with Crippen LogP contribution in [-0.2, 0) is 0 Å². The minimum absolute atomic E-state index is 0.0491. The number of hydrogen-bond acceptors (Lipinski definition) is 4. The van der Waals surface area contributed by atoms with E-state index in [2.05, 4.69) is 0 Å². The summed E-state index contributed by atoms with van der Waals surface area (Å²) in [6, 6.07) is -0.0981. The Hall–Kier alpha value is -0.160. The van der Waals surface area contributed by atoms with Crippen molar-refractivity contribution in [1.29, 1.82) is 0 Å². The largest absolute Gasteiger partial charge is 0.392 e. The zero-order valence-corrected chi connectivity index (χ0v) is 9.76. The molecule has 2 aliphatic rings. The molecule has 94 valence electrons. The van der Waals surface area contributed by atoms with Crippen LogP contribution in [0.25, 0.3) is 0 Å². The first-order valence-corrected chi connectivity index (χ1v) is 6.45. The molecule has 0 radical (unpaired) electrons. The summed E-state index contributed by atoms with van der Waals surface area (Å²) < 4.78 is 0. The maximum Gasteiger partial charge on any atom is 0.0693 e. The number of aliphatic hydroxyl groups is 2. The van der Waals surface area contributed by atoms with E-state index in [9.17, 15) is 10.2 Å². The van der Waals surface area contributed by atoms with E-state index in [4.69, 9.17) is 11.5 Å². The summed E-state index contributed by atoms with van der Waals surface area (Å²) in [6.07, 6.45) is 4.88. The number of nitrogens with two attached hydrogens (primary N) is 2. The van der Waals surface area contributed by atoms with Crippen LogP contribution in [0.15, 0.2) is 0 Å². The van der Waals surface area contributed by atoms with E-state index in [1.807, 2.05) is 0 Å². The van der Waals surface area contributed by atoms with Gasteiger partial charge in [-0.1, -0.05) is 0 Å². The molecule has 16 heavy (non-hydrogen) atoms. The second-order valence-electron chi connectivity index (χ2n) is 5.61. The summed E-state index contributed by atoms with van der Waals surface area (Å²) in [5.41, 5.74) is 11.6. The minimum Gasteiger partial charge on any atom is -0.392 e. The summed E-state index contributed by atoms with van der Waals surface area (Å²) in [5.74, 6) is 1.05. The third kappa shape index (κ3) is 2.56. The second-order valence-corrected chi connectivity index (χ2v) is 5.61. The maximum atomic E-state index is 9.78. The molecule has 2 rings (SSSR count). The standard InChI is InChI=1S/C12H24N2O2/c13-9-3-1-7(5-11(9)15)8-2-4-10(14)12(16)6-8/h7-12,15-16H,1-6,13-14H2. The lowest BCUT2D eigenvalue weighted by Gasteiger charge is -2.40. The van der Waals surface area contributed by atoms with Crippen LogP contribution in [0.3, 0.4) is 0 Å². The Bertz CT molecular complexity index is 213. The van der Waals surface area contributed by atoms with Gasteiger partial charge in [0.15, 0.2) is 0 Å². The highest BCUT2D eigenvalue weighted by Crippen LogP contribution is 2.37. The predicted octanol–water partition coefficient (Wildman–Crippen LogP) is -0.0370. The lowest BCUT2D eigenvalue weighted by Crippen LogP contribution is -2.45. The molecule has 0 bridgehead atoms. The Morgan fingerprint density at radius 2 is 1.06 bits per heavy atom. The molecule has 2 fully saturated rings. The third-order valence-corrected chi connectivity index (χ3v) is 4.49. The van der Waals surface area contributed by atoms with Crippen molar-refractivity contribution in [2.45, 2.75) is 62.8 Å². The molecule has 2 saturated carbocycles. The van der Waals surface area contributed by atoms with Crippen LogP contribution in [0, 0.1) is 11.8 Å². The predicted molar refractivity (Wildman–Crippen MR) is 62.6 cm³/mol. The zero-order chi connectivity index (χ0) is 11.7. The van der Waals surface area contributed by atoms with Crippen LogP contribution < -0.4 is 11.5 Å². The van der Waals surface area contributed by atoms with Crippen LogP contribution in [0.4, 0.5) is 0 Å². The van der Waals surface area contributed by atoms with E-state index >= 15 is 0 Å². The molecule has 0 aromatic heterocycles. The van der Waals surface area contributed by atoms with Crippen LogP contribution in [0.1, 0.15) is 38.5 Å². The first kappa shape index (κ1) is 12.3. The molecular formula is C12H24N2O2. The topological polar surface area (TPSA) is 92.5 Å². The molecule has 0 aromatic rings. The average molecular weight is 228 g/mol. The molecule has 2 aliphatic carbocycles. The Labute approximate surface area is 97.0 Å². The summed E-state index contributed by atoms with van der Waals surface area (Å²) >= 11 is 0. The molecule has 4 nitrogen and oxygen atoms in total. The van der Waals surface area contributed by atoms with Crippen LogP contribution in [-0.4, -0.2) is 34.5 Å². The van der Waals surface area contributed by atoms with Crippen LogP contribution in [0.5, 0.6) is 0 Å². The zero-order valence-electron chi connectivity index (χ0n) is 9.76. The fourth-order valence-corrected chi connectivity index (χ4v) is 3.26. The van der Waals surface area contributed by atoms with Crippen molar-refractivity contribution in [3.63, 3.8) is 0 Å². The van der Waals surface area contributed by atoms with Gasteiger partial charge in [0.2, 0.25) is 0 Å². The SMILES string of the molecule is NC1CCC(C2CCC(N)C(O)C2)CC1O. The Kier molecular flexibility index (Phi) is 3.85. The van der Waals surface area contributed by atoms with E-state index < -0.39 is 0 Å². The van der Waals surface area contributed by atoms with Crippen molar-refractivity contribution >= 4 is 0 Å². The first-order valence-electron chi connectivity index (χ1n) is 6.45. The fraction of sp³-hybridized carbons (Fsp3) is 1.00. The van der Waals surface area contributed by atoms with Gasteiger partial charge in [-0.2, -0.15) is 0 Å². The number of hydrogen-bond donors (Lipinski definition) is 4. The van der Waals surface area contributed by atoms with Gasteiger partial charge in [-0.15, -0.1) is 0 Å². The highest BCUT2D eigenvalue weighted by Gasteiger charge is 2.35. The molecule has 0 saturated heterocycles. The van der Waals surface area contributed by atoms with E-state index in [1.54, 1.807) is 0 Å². The van der Waals surface area contributed by atoms with Gasteiger partial charge in [-0.25, -0.2) is 0 Å². The molecule has 6 atom stereocenters. The van der Waals surface area contributed by atoms with E-state index in [-0.39, 0.29) is 24.3 Å². The van der Waals surface area contributed by atoms with Crippen molar-refractivity contribution in [3.8, 4) is 0 Å². The van der Waals surface area contributed by atoms with Gasteiger partial charge in [-0.05, 0) is 50.4 Å². The van der Waals surface area contributed by atoms with E-state index in [0.717, 1.165) is 38.5 Å². The lowest BCUT2D eigenvalue weighted by molar-refractivity contribution is 0.0191. The summed E-state index contributed by atoms with van der Waals surface area (Å²) in [5, 5.41) is 19.6. The molecule has 0 amide bonds. The highest BCUT2D eigenvalue weighted by molar-refractivity contribution is 4.90. The van der Waals surface area contributed by atoms with Crippen LogP contribution in [0.2, 0.25) is 0 Å². The molecular weight excluding hydrogens is 204 g/mol. The average Bonchev–Trinajstić information content (AvgIpc) is 2.26. The molecule has 4 heteroatoms. The van der Waals surface area contributed by atoms with Gasteiger partial charge in [0.25, 0.3) is 0 Å². The minimum atomic E-state index is -0.355. The second kappa shape index (κ2) is 5.00. The third-order valence-electron chi connectivity index (χ3n) is 4.49. The van der Waals surface area contributed by atoms with Crippen molar-refractivity contribution in [3.05, 3.63) is 0 Å². The van der Waals surface area contributed by atoms with E-state index in [1.165, 1.54) is 0 Å². The number of aliphatic hydroxyl groups excluding tert-OH is 2. The number of rotatable bonds is 1. The van der Waals surface area contributed by atoms with Gasteiger partial charge in [-0.3, -0.25) is 0 Å². The van der Waals surface area contributed by atoms with Gasteiger partial charge in [0.1, 0.15) is 0 Å². The highest BCUT2D eigenvalue weighted by atomic mass is 16.3. The van der Waals surface area contributed by atoms with Crippen molar-refractivity contribution in [2.24, 2.45) is 23.3 Å². The van der Waals surface area contributed by atoms with Crippen LogP contribution >= 0.6 is 0 Å². The monoisotopic (exact) mass is 228 g/mol. The normalized spacial score (nSPS) is 50.2. The summed E-state index contributed by atoms with van der Waals surface area (Å²) in [6.45, 7) is 0. The first-order chi connectivity index (χ1) is 7.58. The molecule has 0 aromatic carbocycles. The maximum absolute atomic E-state index is 9.78. The molecule has 0 heterocycles. The van der Waals surface area contributed by atoms with Crippen molar-refractivity contribution < 1.29 is 10.2 Å².